The fourth-order valence-corrected chi connectivity index (χ4v) is 0.650. The Hall–Kier alpha value is -2.03. The summed E-state index contributed by atoms with van der Waals surface area (Å²) in [6, 6.07) is 9.64. The van der Waals surface area contributed by atoms with Crippen molar-refractivity contribution in [2.24, 2.45) is 0 Å². The van der Waals surface area contributed by atoms with Gasteiger partial charge in [0, 0.05) is 6.08 Å². The molecule has 0 bridgehead atoms. The second-order valence-electron chi connectivity index (χ2n) is 2.27. The molecule has 3 heteroatoms. The molecule has 0 aliphatic rings. The third-order valence-electron chi connectivity index (χ3n) is 1.24. The van der Waals surface area contributed by atoms with Crippen LogP contribution >= 0.6 is 0 Å². The molecule has 0 saturated carbocycles. The lowest BCUT2D eigenvalue weighted by Crippen LogP contribution is -1.82. The fourth-order valence-electron chi connectivity index (χ4n) is 0.650. The highest BCUT2D eigenvalue weighted by atomic mass is 16.4. The molecular weight excluding hydrogens is 180 g/mol. The number of aliphatic carboxylic acids is 1. The maximum atomic E-state index is 9.25. The molecule has 0 aliphatic carbocycles. The first kappa shape index (κ1) is 12.0. The van der Waals surface area contributed by atoms with Gasteiger partial charge in [-0.25, -0.2) is 4.79 Å². The molecule has 0 spiro atoms. The Labute approximate surface area is 82.6 Å². The molecule has 1 aromatic rings. The summed E-state index contributed by atoms with van der Waals surface area (Å²) < 4.78 is 0. The first-order chi connectivity index (χ1) is 6.70. The number of hydrogen-bond acceptors (Lipinski definition) is 2. The largest absolute Gasteiger partial charge is 0.516 e. The lowest BCUT2D eigenvalue weighted by Gasteiger charge is -1.86. The molecule has 0 fully saturated rings. The highest BCUT2D eigenvalue weighted by Crippen LogP contribution is 1.98. The summed E-state index contributed by atoms with van der Waals surface area (Å²) >= 11 is 0. The lowest BCUT2D eigenvalue weighted by molar-refractivity contribution is -0.131. The number of benzene rings is 1. The van der Waals surface area contributed by atoms with Crippen molar-refractivity contribution in [1.29, 1.82) is 0 Å². The van der Waals surface area contributed by atoms with E-state index in [1.54, 1.807) is 6.08 Å². The SMILES string of the molecule is C=CC(=O)O.OC=Cc1ccccc1. The molecule has 3 nitrogen and oxygen atoms in total. The van der Waals surface area contributed by atoms with E-state index in [0.717, 1.165) is 17.9 Å². The van der Waals surface area contributed by atoms with E-state index in [-0.39, 0.29) is 0 Å². The van der Waals surface area contributed by atoms with Gasteiger partial charge < -0.3 is 10.2 Å². The van der Waals surface area contributed by atoms with Crippen LogP contribution in [0.5, 0.6) is 0 Å². The molecule has 2 N–H and O–H groups in total. The van der Waals surface area contributed by atoms with Crippen LogP contribution in [0.25, 0.3) is 6.08 Å². The molecular formula is C11H12O3. The third-order valence-corrected chi connectivity index (χ3v) is 1.24. The van der Waals surface area contributed by atoms with Gasteiger partial charge in [-0.3, -0.25) is 0 Å². The smallest absolute Gasteiger partial charge is 0.327 e. The highest BCUT2D eigenvalue weighted by Gasteiger charge is 1.78. The van der Waals surface area contributed by atoms with Crippen LogP contribution in [0.2, 0.25) is 0 Å². The van der Waals surface area contributed by atoms with E-state index < -0.39 is 5.97 Å². The first-order valence-corrected chi connectivity index (χ1v) is 3.92. The molecule has 0 unspecified atom stereocenters. The topological polar surface area (TPSA) is 57.5 Å². The molecule has 1 rings (SSSR count). The Morgan fingerprint density at radius 2 is 1.79 bits per heavy atom. The minimum atomic E-state index is -0.981. The van der Waals surface area contributed by atoms with E-state index in [1.807, 2.05) is 30.3 Å². The molecule has 0 aliphatic heterocycles. The van der Waals surface area contributed by atoms with Gasteiger partial charge in [0.25, 0.3) is 0 Å². The predicted molar refractivity (Wildman–Crippen MR) is 55.9 cm³/mol. The Balaban J connectivity index is 0.000000292. The molecule has 74 valence electrons. The molecule has 14 heavy (non-hydrogen) atoms. The van der Waals surface area contributed by atoms with Gasteiger partial charge in [0.05, 0.1) is 6.26 Å². The summed E-state index contributed by atoms with van der Waals surface area (Å²) in [5.41, 5.74) is 1.01. The van der Waals surface area contributed by atoms with Crippen LogP contribution in [0.3, 0.4) is 0 Å². The van der Waals surface area contributed by atoms with Gasteiger partial charge in [-0.15, -0.1) is 0 Å². The van der Waals surface area contributed by atoms with Crippen LogP contribution < -0.4 is 0 Å². The normalized spacial score (nSPS) is 8.86. The van der Waals surface area contributed by atoms with Crippen LogP contribution in [0.1, 0.15) is 5.56 Å². The minimum absolute atomic E-state index is 0.833. The summed E-state index contributed by atoms with van der Waals surface area (Å²) in [4.78, 5) is 9.25. The van der Waals surface area contributed by atoms with Gasteiger partial charge in [0.2, 0.25) is 0 Å². The van der Waals surface area contributed by atoms with Gasteiger partial charge in [-0.2, -0.15) is 0 Å². The molecule has 0 heterocycles. The van der Waals surface area contributed by atoms with Gasteiger partial charge in [-0.1, -0.05) is 36.9 Å². The number of carbonyl (C=O) groups is 1. The van der Waals surface area contributed by atoms with Crippen LogP contribution in [0.15, 0.2) is 49.2 Å². The van der Waals surface area contributed by atoms with Gasteiger partial charge in [0.15, 0.2) is 0 Å². The van der Waals surface area contributed by atoms with Crippen molar-refractivity contribution in [2.45, 2.75) is 0 Å². The van der Waals surface area contributed by atoms with Crippen molar-refractivity contribution in [3.8, 4) is 0 Å². The van der Waals surface area contributed by atoms with Gasteiger partial charge in [0.1, 0.15) is 0 Å². The number of carboxylic acid groups (broad SMARTS) is 1. The lowest BCUT2D eigenvalue weighted by atomic mass is 10.2. The second kappa shape index (κ2) is 7.61. The Morgan fingerprint density at radius 3 is 2.14 bits per heavy atom. The zero-order chi connectivity index (χ0) is 10.8. The van der Waals surface area contributed by atoms with E-state index in [9.17, 15) is 4.79 Å². The zero-order valence-corrected chi connectivity index (χ0v) is 7.63. The van der Waals surface area contributed by atoms with E-state index in [1.165, 1.54) is 0 Å². The van der Waals surface area contributed by atoms with Crippen molar-refractivity contribution < 1.29 is 15.0 Å². The standard InChI is InChI=1S/C8H8O.C3H4O2/c9-7-6-8-4-2-1-3-5-8;1-2-3(4)5/h1-7,9H;2H,1H2,(H,4,5). The number of aliphatic hydroxyl groups is 1. The number of rotatable bonds is 2. The number of hydrogen-bond donors (Lipinski definition) is 2. The zero-order valence-electron chi connectivity index (χ0n) is 7.63. The summed E-state index contributed by atoms with van der Waals surface area (Å²) in [6.45, 7) is 2.96. The molecule has 0 atom stereocenters. The Morgan fingerprint density at radius 1 is 1.29 bits per heavy atom. The van der Waals surface area contributed by atoms with E-state index in [2.05, 4.69) is 6.58 Å². The quantitative estimate of drug-likeness (QED) is 0.559. The van der Waals surface area contributed by atoms with Crippen LogP contribution in [-0.2, 0) is 4.79 Å². The second-order valence-corrected chi connectivity index (χ2v) is 2.27. The maximum absolute atomic E-state index is 9.25. The average Bonchev–Trinajstić information content (AvgIpc) is 2.21. The van der Waals surface area contributed by atoms with Crippen LogP contribution in [0.4, 0.5) is 0 Å². The van der Waals surface area contributed by atoms with Crippen LogP contribution in [0, 0.1) is 0 Å². The van der Waals surface area contributed by atoms with Crippen molar-refractivity contribution >= 4 is 12.0 Å². The van der Waals surface area contributed by atoms with E-state index in [4.69, 9.17) is 10.2 Å². The Kier molecular flexibility index (Phi) is 6.51. The highest BCUT2D eigenvalue weighted by molar-refractivity contribution is 5.78. The van der Waals surface area contributed by atoms with E-state index in [0.29, 0.717) is 0 Å². The summed E-state index contributed by atoms with van der Waals surface area (Å²) in [7, 11) is 0. The van der Waals surface area contributed by atoms with Crippen molar-refractivity contribution in [3.05, 3.63) is 54.8 Å². The van der Waals surface area contributed by atoms with Gasteiger partial charge in [-0.05, 0) is 11.6 Å². The van der Waals surface area contributed by atoms with Crippen LogP contribution in [-0.4, -0.2) is 16.2 Å². The number of carboxylic acids is 1. The summed E-state index contributed by atoms with van der Waals surface area (Å²) in [6.07, 6.45) is 3.51. The van der Waals surface area contributed by atoms with Crippen molar-refractivity contribution in [2.75, 3.05) is 0 Å². The third kappa shape index (κ3) is 6.67. The fraction of sp³-hybridized carbons (Fsp3) is 0. The first-order valence-electron chi connectivity index (χ1n) is 3.92. The van der Waals surface area contributed by atoms with E-state index >= 15 is 0 Å². The molecule has 0 aromatic heterocycles. The summed E-state index contributed by atoms with van der Waals surface area (Å²) in [5.74, 6) is -0.981. The summed E-state index contributed by atoms with van der Waals surface area (Å²) in [5, 5.41) is 15.9. The predicted octanol–water partition coefficient (Wildman–Crippen LogP) is 2.47. The monoisotopic (exact) mass is 192 g/mol. The minimum Gasteiger partial charge on any atom is -0.516 e. The van der Waals surface area contributed by atoms with Gasteiger partial charge >= 0.3 is 5.97 Å². The Bertz CT molecular complexity index is 302. The van der Waals surface area contributed by atoms with Crippen molar-refractivity contribution in [1.82, 2.24) is 0 Å². The average molecular weight is 192 g/mol. The number of aliphatic hydroxyl groups excluding tert-OH is 1. The maximum Gasteiger partial charge on any atom is 0.327 e. The van der Waals surface area contributed by atoms with Crippen molar-refractivity contribution in [3.63, 3.8) is 0 Å². The molecule has 0 saturated heterocycles. The molecule has 0 radical (unpaired) electrons. The molecule has 0 amide bonds. The molecule has 1 aromatic carbocycles.